The van der Waals surface area contributed by atoms with Gasteiger partial charge in [-0.1, -0.05) is 13.0 Å². The summed E-state index contributed by atoms with van der Waals surface area (Å²) < 4.78 is 0. The van der Waals surface area contributed by atoms with Crippen molar-refractivity contribution in [1.82, 2.24) is 10.2 Å². The van der Waals surface area contributed by atoms with Crippen LogP contribution in [0.1, 0.15) is 29.3 Å². The second kappa shape index (κ2) is 6.41. The first-order chi connectivity index (χ1) is 9.65. The van der Waals surface area contributed by atoms with Crippen LogP contribution in [0.2, 0.25) is 0 Å². The zero-order valence-corrected chi connectivity index (χ0v) is 12.0. The van der Waals surface area contributed by atoms with E-state index in [2.05, 4.69) is 10.6 Å². The van der Waals surface area contributed by atoms with Crippen LogP contribution >= 0.6 is 0 Å². The summed E-state index contributed by atoms with van der Waals surface area (Å²) in [4.78, 5) is 25.6. The summed E-state index contributed by atoms with van der Waals surface area (Å²) in [6.45, 7) is 3.60. The molecule has 0 saturated heterocycles. The van der Waals surface area contributed by atoms with Crippen LogP contribution in [0.5, 0.6) is 0 Å². The monoisotopic (exact) mass is 275 g/mol. The molecular weight excluding hydrogens is 254 g/mol. The van der Waals surface area contributed by atoms with Gasteiger partial charge in [-0.25, -0.2) is 0 Å². The van der Waals surface area contributed by atoms with Crippen molar-refractivity contribution < 1.29 is 9.59 Å². The van der Waals surface area contributed by atoms with Crippen molar-refractivity contribution in [3.8, 4) is 0 Å². The third-order valence-electron chi connectivity index (χ3n) is 3.46. The molecule has 0 spiro atoms. The Morgan fingerprint density at radius 1 is 1.40 bits per heavy atom. The maximum Gasteiger partial charge on any atom is 0.254 e. The number of nitrogens with zero attached hydrogens (tertiary/aromatic N) is 1. The van der Waals surface area contributed by atoms with Gasteiger partial charge in [0, 0.05) is 31.4 Å². The average Bonchev–Trinajstić information content (AvgIpc) is 2.93. The standard InChI is InChI=1S/C15H21N3O2/c1-3-8-18(10-14(19)16-2)15(20)12-5-4-11-6-7-17-13(11)9-12/h4-5,9,17H,3,6-8,10H2,1-2H3,(H,16,19). The number of hydrogen-bond acceptors (Lipinski definition) is 3. The summed E-state index contributed by atoms with van der Waals surface area (Å²) in [5.74, 6) is -0.238. The van der Waals surface area contributed by atoms with E-state index in [4.69, 9.17) is 0 Å². The first-order valence-electron chi connectivity index (χ1n) is 7.02. The largest absolute Gasteiger partial charge is 0.384 e. The van der Waals surface area contributed by atoms with Crippen molar-refractivity contribution in [1.29, 1.82) is 0 Å². The third-order valence-corrected chi connectivity index (χ3v) is 3.46. The van der Waals surface area contributed by atoms with Crippen molar-refractivity contribution in [2.45, 2.75) is 19.8 Å². The van der Waals surface area contributed by atoms with Crippen molar-refractivity contribution in [2.24, 2.45) is 0 Å². The number of amides is 2. The summed E-state index contributed by atoms with van der Waals surface area (Å²) >= 11 is 0. The third kappa shape index (κ3) is 3.10. The molecule has 0 bridgehead atoms. The van der Waals surface area contributed by atoms with E-state index in [9.17, 15) is 9.59 Å². The van der Waals surface area contributed by atoms with Gasteiger partial charge in [0.25, 0.3) is 5.91 Å². The first kappa shape index (κ1) is 14.4. The Kier molecular flexibility index (Phi) is 4.61. The van der Waals surface area contributed by atoms with E-state index in [-0.39, 0.29) is 18.4 Å². The Morgan fingerprint density at radius 2 is 2.20 bits per heavy atom. The fourth-order valence-electron chi connectivity index (χ4n) is 2.38. The van der Waals surface area contributed by atoms with Gasteiger partial charge in [-0.15, -0.1) is 0 Å². The summed E-state index contributed by atoms with van der Waals surface area (Å²) in [5.41, 5.74) is 2.91. The maximum absolute atomic E-state index is 12.5. The second-order valence-corrected chi connectivity index (χ2v) is 4.95. The first-order valence-corrected chi connectivity index (χ1v) is 7.02. The highest BCUT2D eigenvalue weighted by atomic mass is 16.2. The molecule has 1 aliphatic heterocycles. The van der Waals surface area contributed by atoms with Crippen LogP contribution in [-0.4, -0.2) is 43.4 Å². The van der Waals surface area contributed by atoms with E-state index in [0.717, 1.165) is 25.1 Å². The molecule has 0 unspecified atom stereocenters. The van der Waals surface area contributed by atoms with Gasteiger partial charge in [0.1, 0.15) is 0 Å². The number of carbonyl (C=O) groups is 2. The Bertz CT molecular complexity index is 514. The minimum Gasteiger partial charge on any atom is -0.384 e. The number of nitrogens with one attached hydrogen (secondary N) is 2. The molecule has 1 aromatic carbocycles. The highest BCUT2D eigenvalue weighted by molar-refractivity contribution is 5.97. The quantitative estimate of drug-likeness (QED) is 0.850. The van der Waals surface area contributed by atoms with Crippen LogP contribution in [0.25, 0.3) is 0 Å². The number of likely N-dealkylation sites (N-methyl/N-ethyl adjacent to an activating group) is 1. The molecule has 2 rings (SSSR count). The zero-order valence-electron chi connectivity index (χ0n) is 12.0. The molecule has 0 aromatic heterocycles. The fourth-order valence-corrected chi connectivity index (χ4v) is 2.38. The molecule has 0 radical (unpaired) electrons. The molecule has 1 aromatic rings. The molecule has 1 heterocycles. The van der Waals surface area contributed by atoms with Crippen LogP contribution in [0.3, 0.4) is 0 Å². The van der Waals surface area contributed by atoms with E-state index in [1.165, 1.54) is 5.56 Å². The predicted octanol–water partition coefficient (Wildman–Crippen LogP) is 1.25. The predicted molar refractivity (Wildman–Crippen MR) is 78.9 cm³/mol. The lowest BCUT2D eigenvalue weighted by Gasteiger charge is -2.21. The Hall–Kier alpha value is -2.04. The fraction of sp³-hybridized carbons (Fsp3) is 0.467. The molecule has 20 heavy (non-hydrogen) atoms. The zero-order chi connectivity index (χ0) is 14.5. The second-order valence-electron chi connectivity index (χ2n) is 4.95. The van der Waals surface area contributed by atoms with Crippen LogP contribution in [-0.2, 0) is 11.2 Å². The Balaban J connectivity index is 2.16. The van der Waals surface area contributed by atoms with Crippen molar-refractivity contribution in [3.63, 3.8) is 0 Å². The number of anilines is 1. The van der Waals surface area contributed by atoms with E-state index in [1.54, 1.807) is 11.9 Å². The van der Waals surface area contributed by atoms with Crippen molar-refractivity contribution in [3.05, 3.63) is 29.3 Å². The summed E-state index contributed by atoms with van der Waals surface area (Å²) in [7, 11) is 1.58. The molecule has 0 aliphatic carbocycles. The normalized spacial score (nSPS) is 12.5. The Labute approximate surface area is 119 Å². The number of benzene rings is 1. The van der Waals surface area contributed by atoms with Gasteiger partial charge in [0.05, 0.1) is 6.54 Å². The van der Waals surface area contributed by atoms with Gasteiger partial charge in [0.2, 0.25) is 5.91 Å². The topological polar surface area (TPSA) is 61.4 Å². The highest BCUT2D eigenvalue weighted by Gasteiger charge is 2.19. The molecule has 0 fully saturated rings. The highest BCUT2D eigenvalue weighted by Crippen LogP contribution is 2.23. The van der Waals surface area contributed by atoms with Crippen molar-refractivity contribution >= 4 is 17.5 Å². The number of carbonyl (C=O) groups excluding carboxylic acids is 2. The lowest BCUT2D eigenvalue weighted by Crippen LogP contribution is -2.40. The minimum atomic E-state index is -0.147. The lowest BCUT2D eigenvalue weighted by atomic mass is 10.1. The molecule has 5 heteroatoms. The smallest absolute Gasteiger partial charge is 0.254 e. The van der Waals surface area contributed by atoms with Gasteiger partial charge in [-0.05, 0) is 30.5 Å². The van der Waals surface area contributed by atoms with Crippen LogP contribution in [0.15, 0.2) is 18.2 Å². The summed E-state index contributed by atoms with van der Waals surface area (Å²) in [6, 6.07) is 5.73. The van der Waals surface area contributed by atoms with Gasteiger partial charge >= 0.3 is 0 Å². The number of rotatable bonds is 5. The maximum atomic E-state index is 12.5. The van der Waals surface area contributed by atoms with Gasteiger partial charge in [-0.2, -0.15) is 0 Å². The lowest BCUT2D eigenvalue weighted by molar-refractivity contribution is -0.121. The van der Waals surface area contributed by atoms with Crippen LogP contribution < -0.4 is 10.6 Å². The molecule has 0 saturated carbocycles. The molecule has 2 N–H and O–H groups in total. The molecule has 108 valence electrons. The molecule has 5 nitrogen and oxygen atoms in total. The van der Waals surface area contributed by atoms with E-state index in [1.807, 2.05) is 25.1 Å². The SMILES string of the molecule is CCCN(CC(=O)NC)C(=O)c1ccc2c(c1)NCC2. The van der Waals surface area contributed by atoms with E-state index in [0.29, 0.717) is 12.1 Å². The molecule has 2 amide bonds. The van der Waals surface area contributed by atoms with Gasteiger partial charge < -0.3 is 15.5 Å². The molecule has 0 atom stereocenters. The van der Waals surface area contributed by atoms with E-state index < -0.39 is 0 Å². The molecule has 1 aliphatic rings. The summed E-state index contributed by atoms with van der Waals surface area (Å²) in [6.07, 6.45) is 1.83. The van der Waals surface area contributed by atoms with Gasteiger partial charge in [-0.3, -0.25) is 9.59 Å². The minimum absolute atomic E-state index is 0.0908. The van der Waals surface area contributed by atoms with E-state index >= 15 is 0 Å². The van der Waals surface area contributed by atoms with Gasteiger partial charge in [0.15, 0.2) is 0 Å². The number of fused-ring (bicyclic) bond motifs is 1. The number of hydrogen-bond donors (Lipinski definition) is 2. The van der Waals surface area contributed by atoms with Crippen molar-refractivity contribution in [2.75, 3.05) is 32.0 Å². The Morgan fingerprint density at radius 3 is 2.90 bits per heavy atom. The van der Waals surface area contributed by atoms with Crippen LogP contribution in [0.4, 0.5) is 5.69 Å². The molecular formula is C15H21N3O2. The summed E-state index contributed by atoms with van der Waals surface area (Å²) in [5, 5.41) is 5.82. The van der Waals surface area contributed by atoms with Crippen LogP contribution in [0, 0.1) is 0 Å². The average molecular weight is 275 g/mol.